The quantitative estimate of drug-likeness (QED) is 0.844. The van der Waals surface area contributed by atoms with Gasteiger partial charge < -0.3 is 10.2 Å². The van der Waals surface area contributed by atoms with Crippen LogP contribution in [0.25, 0.3) is 0 Å². The monoisotopic (exact) mass is 293 g/mol. The highest BCUT2D eigenvalue weighted by Gasteiger charge is 2.38. The summed E-state index contributed by atoms with van der Waals surface area (Å²) in [5.41, 5.74) is -0.240. The third-order valence-corrected chi connectivity index (χ3v) is 5.48. The van der Waals surface area contributed by atoms with E-state index in [0.29, 0.717) is 18.0 Å². The van der Waals surface area contributed by atoms with E-state index in [1.54, 1.807) is 0 Å². The van der Waals surface area contributed by atoms with Gasteiger partial charge in [-0.2, -0.15) is 0 Å². The van der Waals surface area contributed by atoms with Crippen molar-refractivity contribution in [1.29, 1.82) is 0 Å². The van der Waals surface area contributed by atoms with Gasteiger partial charge in [-0.3, -0.25) is 9.69 Å². The Labute approximate surface area is 129 Å². The van der Waals surface area contributed by atoms with Crippen LogP contribution in [0.2, 0.25) is 0 Å². The molecule has 0 aromatic carbocycles. The fraction of sp³-hybridized carbons (Fsp3) is 0.941. The molecule has 0 aliphatic carbocycles. The molecule has 2 atom stereocenters. The van der Waals surface area contributed by atoms with E-state index in [1.807, 2.05) is 20.8 Å². The van der Waals surface area contributed by atoms with Crippen LogP contribution in [0.3, 0.4) is 0 Å². The first-order valence-electron chi connectivity index (χ1n) is 8.74. The average molecular weight is 293 g/mol. The Bertz CT molecular complexity index is 382. The molecule has 0 saturated carbocycles. The van der Waals surface area contributed by atoms with Gasteiger partial charge in [-0.05, 0) is 38.6 Å². The lowest BCUT2D eigenvalue weighted by Gasteiger charge is -2.37. The molecular weight excluding hydrogens is 262 g/mol. The van der Waals surface area contributed by atoms with Gasteiger partial charge in [-0.1, -0.05) is 20.8 Å². The minimum absolute atomic E-state index is 0.240. The molecular formula is C17H31N3O. The van der Waals surface area contributed by atoms with E-state index in [2.05, 4.69) is 15.1 Å². The maximum Gasteiger partial charge on any atom is 0.227 e. The van der Waals surface area contributed by atoms with Crippen molar-refractivity contribution in [2.75, 3.05) is 26.2 Å². The number of hydrogen-bond acceptors (Lipinski definition) is 3. The van der Waals surface area contributed by atoms with Crippen LogP contribution >= 0.6 is 0 Å². The van der Waals surface area contributed by atoms with Crippen LogP contribution in [-0.2, 0) is 4.79 Å². The van der Waals surface area contributed by atoms with E-state index < -0.39 is 0 Å². The number of carbonyl (C=O) groups is 1. The van der Waals surface area contributed by atoms with Crippen LogP contribution in [0.1, 0.15) is 52.9 Å². The summed E-state index contributed by atoms with van der Waals surface area (Å²) in [5, 5.41) is 3.91. The molecule has 120 valence electrons. The Morgan fingerprint density at radius 2 is 1.71 bits per heavy atom. The lowest BCUT2D eigenvalue weighted by atomic mass is 9.92. The molecule has 0 bridgehead atoms. The van der Waals surface area contributed by atoms with Gasteiger partial charge in [0.15, 0.2) is 0 Å². The maximum atomic E-state index is 12.3. The van der Waals surface area contributed by atoms with E-state index in [9.17, 15) is 4.79 Å². The van der Waals surface area contributed by atoms with Gasteiger partial charge in [-0.25, -0.2) is 0 Å². The van der Waals surface area contributed by atoms with Crippen molar-refractivity contribution in [1.82, 2.24) is 15.1 Å². The molecule has 3 fully saturated rings. The summed E-state index contributed by atoms with van der Waals surface area (Å²) >= 11 is 0. The molecule has 3 aliphatic heterocycles. The maximum absolute atomic E-state index is 12.3. The van der Waals surface area contributed by atoms with Crippen molar-refractivity contribution < 1.29 is 4.79 Å². The van der Waals surface area contributed by atoms with E-state index in [1.165, 1.54) is 32.4 Å². The molecule has 4 nitrogen and oxygen atoms in total. The van der Waals surface area contributed by atoms with Crippen molar-refractivity contribution in [3.8, 4) is 0 Å². The van der Waals surface area contributed by atoms with Gasteiger partial charge in [0.05, 0.1) is 0 Å². The summed E-state index contributed by atoms with van der Waals surface area (Å²) < 4.78 is 0. The summed E-state index contributed by atoms with van der Waals surface area (Å²) in [5.74, 6) is 0.309. The summed E-state index contributed by atoms with van der Waals surface area (Å²) in [4.78, 5) is 17.0. The third kappa shape index (κ3) is 3.26. The van der Waals surface area contributed by atoms with Crippen molar-refractivity contribution in [2.45, 2.75) is 71.0 Å². The number of piperidine rings is 1. The van der Waals surface area contributed by atoms with Crippen LogP contribution in [-0.4, -0.2) is 60.0 Å². The molecule has 0 aromatic rings. The molecule has 0 aromatic heterocycles. The van der Waals surface area contributed by atoms with Crippen LogP contribution < -0.4 is 5.32 Å². The fourth-order valence-electron chi connectivity index (χ4n) is 4.30. The smallest absolute Gasteiger partial charge is 0.227 e. The normalized spacial score (nSPS) is 31.7. The lowest BCUT2D eigenvalue weighted by molar-refractivity contribution is -0.140. The minimum Gasteiger partial charge on any atom is -0.342 e. The van der Waals surface area contributed by atoms with Crippen molar-refractivity contribution >= 4 is 5.91 Å². The van der Waals surface area contributed by atoms with Gasteiger partial charge in [0, 0.05) is 43.2 Å². The van der Waals surface area contributed by atoms with E-state index >= 15 is 0 Å². The Balaban J connectivity index is 1.47. The number of carbonyl (C=O) groups excluding carboxylic acids is 1. The molecule has 4 heteroatoms. The summed E-state index contributed by atoms with van der Waals surface area (Å²) in [7, 11) is 0. The molecule has 0 radical (unpaired) electrons. The molecule has 1 amide bonds. The fourth-order valence-corrected chi connectivity index (χ4v) is 4.30. The van der Waals surface area contributed by atoms with Gasteiger partial charge in [0.1, 0.15) is 0 Å². The van der Waals surface area contributed by atoms with Crippen LogP contribution in [0, 0.1) is 5.41 Å². The van der Waals surface area contributed by atoms with Gasteiger partial charge in [-0.15, -0.1) is 0 Å². The standard InChI is InChI=1S/C17H31N3O/c1-17(2,3)16(21)20-10-6-13(7-11-20)18-14-8-12-19-9-4-5-15(14)19/h13-15,18H,4-12H2,1-3H3. The number of fused-ring (bicyclic) bond motifs is 1. The molecule has 1 N–H and O–H groups in total. The second-order valence-corrected chi connectivity index (χ2v) is 8.12. The molecule has 0 spiro atoms. The van der Waals surface area contributed by atoms with Gasteiger partial charge >= 0.3 is 0 Å². The summed E-state index contributed by atoms with van der Waals surface area (Å²) in [6, 6.07) is 2.10. The van der Waals surface area contributed by atoms with E-state index in [-0.39, 0.29) is 5.41 Å². The molecule has 2 unspecified atom stereocenters. The molecule has 3 saturated heterocycles. The summed E-state index contributed by atoms with van der Waals surface area (Å²) in [6.07, 6.45) is 6.29. The topological polar surface area (TPSA) is 35.6 Å². The lowest BCUT2D eigenvalue weighted by Crippen LogP contribution is -2.51. The van der Waals surface area contributed by atoms with Crippen molar-refractivity contribution in [3.63, 3.8) is 0 Å². The zero-order valence-corrected chi connectivity index (χ0v) is 13.9. The highest BCUT2D eigenvalue weighted by atomic mass is 16.2. The van der Waals surface area contributed by atoms with Crippen LogP contribution in [0.15, 0.2) is 0 Å². The predicted molar refractivity (Wildman–Crippen MR) is 85.2 cm³/mol. The molecule has 21 heavy (non-hydrogen) atoms. The van der Waals surface area contributed by atoms with E-state index in [4.69, 9.17) is 0 Å². The first-order chi connectivity index (χ1) is 9.95. The van der Waals surface area contributed by atoms with Gasteiger partial charge in [0.25, 0.3) is 0 Å². The number of nitrogens with one attached hydrogen (secondary N) is 1. The highest BCUT2D eigenvalue weighted by molar-refractivity contribution is 5.81. The van der Waals surface area contributed by atoms with E-state index in [0.717, 1.165) is 32.0 Å². The first-order valence-corrected chi connectivity index (χ1v) is 8.74. The van der Waals surface area contributed by atoms with Crippen molar-refractivity contribution in [3.05, 3.63) is 0 Å². The largest absolute Gasteiger partial charge is 0.342 e. The number of amides is 1. The number of nitrogens with zero attached hydrogens (tertiary/aromatic N) is 2. The minimum atomic E-state index is -0.240. The number of likely N-dealkylation sites (tertiary alicyclic amines) is 1. The second kappa shape index (κ2) is 5.88. The highest BCUT2D eigenvalue weighted by Crippen LogP contribution is 2.29. The van der Waals surface area contributed by atoms with Crippen LogP contribution in [0.4, 0.5) is 0 Å². The Morgan fingerprint density at radius 1 is 1.00 bits per heavy atom. The third-order valence-electron chi connectivity index (χ3n) is 5.48. The SMILES string of the molecule is CC(C)(C)C(=O)N1CCC(NC2CCN3CCCC23)CC1. The Morgan fingerprint density at radius 3 is 2.38 bits per heavy atom. The summed E-state index contributed by atoms with van der Waals surface area (Å²) in [6.45, 7) is 10.5. The number of hydrogen-bond donors (Lipinski definition) is 1. The second-order valence-electron chi connectivity index (χ2n) is 8.12. The average Bonchev–Trinajstić information content (AvgIpc) is 3.03. The molecule has 3 heterocycles. The molecule has 3 aliphatic rings. The van der Waals surface area contributed by atoms with Crippen LogP contribution in [0.5, 0.6) is 0 Å². The number of rotatable bonds is 2. The molecule has 3 rings (SSSR count). The Hall–Kier alpha value is -0.610. The predicted octanol–water partition coefficient (Wildman–Crippen LogP) is 1.85. The Kier molecular flexibility index (Phi) is 4.28. The van der Waals surface area contributed by atoms with Crippen molar-refractivity contribution in [2.24, 2.45) is 5.41 Å². The first kappa shape index (κ1) is 15.3. The zero-order chi connectivity index (χ0) is 15.0. The zero-order valence-electron chi connectivity index (χ0n) is 13.9. The van der Waals surface area contributed by atoms with Gasteiger partial charge in [0.2, 0.25) is 5.91 Å².